The van der Waals surface area contributed by atoms with Crippen molar-refractivity contribution in [3.63, 3.8) is 0 Å². The molecule has 0 saturated carbocycles. The number of thiophene rings is 1. The number of aromatic nitrogens is 5. The number of benzene rings is 1. The molecule has 9 heteroatoms. The van der Waals surface area contributed by atoms with Crippen molar-refractivity contribution in [1.82, 2.24) is 24.7 Å². The zero-order chi connectivity index (χ0) is 17.2. The van der Waals surface area contributed by atoms with Gasteiger partial charge in [-0.1, -0.05) is 30.0 Å². The van der Waals surface area contributed by atoms with Gasteiger partial charge in [-0.05, 0) is 23.6 Å². The summed E-state index contributed by atoms with van der Waals surface area (Å²) in [5, 5.41) is 9.58. The van der Waals surface area contributed by atoms with E-state index in [-0.39, 0.29) is 5.75 Å². The molecule has 4 rings (SSSR count). The number of H-pyrrole nitrogens is 1. The molecule has 0 spiro atoms. The molecule has 3 heterocycles. The summed E-state index contributed by atoms with van der Waals surface area (Å²) >= 11 is 2.94. The van der Waals surface area contributed by atoms with Crippen molar-refractivity contribution in [2.24, 2.45) is 0 Å². The molecule has 25 heavy (non-hydrogen) atoms. The number of nitrogens with one attached hydrogen (secondary N) is 1. The molecular formula is C16H13F2N5S2. The van der Waals surface area contributed by atoms with Gasteiger partial charge in [-0.25, -0.2) is 9.97 Å². The second-order valence-corrected chi connectivity index (χ2v) is 7.25. The zero-order valence-corrected chi connectivity index (χ0v) is 14.5. The average molecular weight is 377 g/mol. The summed E-state index contributed by atoms with van der Waals surface area (Å²) in [6.45, 7) is -2.63. The quantitative estimate of drug-likeness (QED) is 0.503. The SMILES string of the molecule is FC(F)n1c(CSc2n[nH]c(Cc3cccs3)n2)nc2ccccc21. The second-order valence-electron chi connectivity index (χ2n) is 5.27. The number of fused-ring (bicyclic) bond motifs is 1. The van der Waals surface area contributed by atoms with Crippen LogP contribution in [0.2, 0.25) is 0 Å². The van der Waals surface area contributed by atoms with Crippen LogP contribution in [-0.4, -0.2) is 24.7 Å². The van der Waals surface area contributed by atoms with Crippen LogP contribution in [0.5, 0.6) is 0 Å². The lowest BCUT2D eigenvalue weighted by atomic mass is 10.3. The van der Waals surface area contributed by atoms with E-state index in [0.29, 0.717) is 28.4 Å². The van der Waals surface area contributed by atoms with E-state index >= 15 is 0 Å². The molecule has 0 aliphatic carbocycles. The van der Waals surface area contributed by atoms with Gasteiger partial charge in [-0.3, -0.25) is 9.67 Å². The Morgan fingerprint density at radius 1 is 1.16 bits per heavy atom. The maximum absolute atomic E-state index is 13.4. The van der Waals surface area contributed by atoms with Crippen LogP contribution in [0, 0.1) is 0 Å². The minimum absolute atomic E-state index is 0.273. The standard InChI is InChI=1S/C16H13F2N5S2/c17-15(18)23-12-6-2-1-5-11(12)19-14(23)9-25-16-20-13(21-22-16)8-10-4-3-7-24-10/h1-7,15H,8-9H2,(H,20,21,22). The molecule has 1 N–H and O–H groups in total. The number of hydrogen-bond donors (Lipinski definition) is 1. The third kappa shape index (κ3) is 3.42. The number of hydrogen-bond acceptors (Lipinski definition) is 5. The van der Waals surface area contributed by atoms with E-state index < -0.39 is 6.55 Å². The molecule has 3 aromatic heterocycles. The maximum atomic E-state index is 13.4. The fourth-order valence-electron chi connectivity index (χ4n) is 2.54. The first-order valence-corrected chi connectivity index (χ1v) is 9.37. The van der Waals surface area contributed by atoms with Gasteiger partial charge in [0.2, 0.25) is 5.16 Å². The van der Waals surface area contributed by atoms with E-state index in [9.17, 15) is 8.78 Å². The summed E-state index contributed by atoms with van der Waals surface area (Å²) in [6, 6.07) is 10.9. The Balaban J connectivity index is 1.51. The lowest BCUT2D eigenvalue weighted by Gasteiger charge is -2.06. The number of rotatable bonds is 6. The smallest absolute Gasteiger partial charge is 0.269 e. The maximum Gasteiger partial charge on any atom is 0.320 e. The van der Waals surface area contributed by atoms with E-state index in [2.05, 4.69) is 20.2 Å². The molecule has 0 atom stereocenters. The van der Waals surface area contributed by atoms with Gasteiger partial charge in [0, 0.05) is 11.3 Å². The monoisotopic (exact) mass is 377 g/mol. The van der Waals surface area contributed by atoms with Gasteiger partial charge >= 0.3 is 6.55 Å². The summed E-state index contributed by atoms with van der Waals surface area (Å²) < 4.78 is 27.8. The molecule has 128 valence electrons. The molecule has 0 aliphatic heterocycles. The number of aromatic amines is 1. The van der Waals surface area contributed by atoms with Gasteiger partial charge in [0.15, 0.2) is 0 Å². The largest absolute Gasteiger partial charge is 0.320 e. The summed E-state index contributed by atoms with van der Waals surface area (Å²) in [6.07, 6.45) is 0.681. The Labute approximate surface area is 150 Å². The van der Waals surface area contributed by atoms with Gasteiger partial charge in [0.25, 0.3) is 0 Å². The molecule has 5 nitrogen and oxygen atoms in total. The normalized spacial score (nSPS) is 11.6. The van der Waals surface area contributed by atoms with Gasteiger partial charge in [0.1, 0.15) is 11.6 Å². The Kier molecular flexibility index (Phi) is 4.50. The van der Waals surface area contributed by atoms with Crippen LogP contribution in [0.4, 0.5) is 8.78 Å². The Morgan fingerprint density at radius 2 is 2.04 bits per heavy atom. The third-order valence-corrected chi connectivity index (χ3v) is 5.35. The van der Waals surface area contributed by atoms with Crippen molar-refractivity contribution in [2.75, 3.05) is 0 Å². The molecule has 4 aromatic rings. The minimum atomic E-state index is -2.63. The molecule has 1 aromatic carbocycles. The lowest BCUT2D eigenvalue weighted by molar-refractivity contribution is 0.0722. The highest BCUT2D eigenvalue weighted by Gasteiger charge is 2.18. The molecular weight excluding hydrogens is 364 g/mol. The molecule has 0 radical (unpaired) electrons. The molecule has 0 aliphatic rings. The zero-order valence-electron chi connectivity index (χ0n) is 12.9. The number of para-hydroxylation sites is 2. The van der Waals surface area contributed by atoms with Crippen molar-refractivity contribution < 1.29 is 8.78 Å². The van der Waals surface area contributed by atoms with Crippen molar-refractivity contribution >= 4 is 34.1 Å². The topological polar surface area (TPSA) is 59.4 Å². The first-order chi connectivity index (χ1) is 12.2. The fraction of sp³-hybridized carbons (Fsp3) is 0.188. The second kappa shape index (κ2) is 6.93. The van der Waals surface area contributed by atoms with Crippen LogP contribution < -0.4 is 0 Å². The first-order valence-electron chi connectivity index (χ1n) is 7.51. The fourth-order valence-corrected chi connectivity index (χ4v) is 4.00. The molecule has 0 saturated heterocycles. The summed E-state index contributed by atoms with van der Waals surface area (Å²) in [5.74, 6) is 1.34. The number of alkyl halides is 2. The predicted molar refractivity (Wildman–Crippen MR) is 94.1 cm³/mol. The Bertz CT molecular complexity index is 978. The van der Waals surface area contributed by atoms with Crippen LogP contribution in [0.25, 0.3) is 11.0 Å². The number of thioether (sulfide) groups is 1. The van der Waals surface area contributed by atoms with Gasteiger partial charge in [-0.15, -0.1) is 16.4 Å². The van der Waals surface area contributed by atoms with Crippen LogP contribution in [0.1, 0.15) is 23.1 Å². The van der Waals surface area contributed by atoms with Crippen LogP contribution in [-0.2, 0) is 12.2 Å². The summed E-state index contributed by atoms with van der Waals surface area (Å²) in [7, 11) is 0. The lowest BCUT2D eigenvalue weighted by Crippen LogP contribution is -2.03. The van der Waals surface area contributed by atoms with E-state index in [1.54, 1.807) is 35.6 Å². The molecule has 0 bridgehead atoms. The average Bonchev–Trinajstić information content (AvgIpc) is 3.32. The van der Waals surface area contributed by atoms with Crippen molar-refractivity contribution in [2.45, 2.75) is 23.9 Å². The van der Waals surface area contributed by atoms with Crippen LogP contribution in [0.15, 0.2) is 46.9 Å². The Hall–Kier alpha value is -2.26. The highest BCUT2D eigenvalue weighted by atomic mass is 32.2. The highest BCUT2D eigenvalue weighted by Crippen LogP contribution is 2.27. The van der Waals surface area contributed by atoms with E-state index in [1.807, 2.05) is 17.5 Å². The summed E-state index contributed by atoms with van der Waals surface area (Å²) in [4.78, 5) is 9.91. The Morgan fingerprint density at radius 3 is 2.84 bits per heavy atom. The van der Waals surface area contributed by atoms with Crippen molar-refractivity contribution in [1.29, 1.82) is 0 Å². The predicted octanol–water partition coefficient (Wildman–Crippen LogP) is 4.49. The minimum Gasteiger partial charge on any atom is -0.269 e. The van der Waals surface area contributed by atoms with Gasteiger partial charge in [-0.2, -0.15) is 8.78 Å². The summed E-state index contributed by atoms with van der Waals surface area (Å²) in [5.41, 5.74) is 0.994. The number of imidazole rings is 1. The van der Waals surface area contributed by atoms with E-state index in [0.717, 1.165) is 10.4 Å². The third-order valence-electron chi connectivity index (χ3n) is 3.63. The van der Waals surface area contributed by atoms with Crippen molar-refractivity contribution in [3.8, 4) is 0 Å². The van der Waals surface area contributed by atoms with E-state index in [4.69, 9.17) is 0 Å². The first kappa shape index (κ1) is 16.2. The van der Waals surface area contributed by atoms with Crippen LogP contribution in [0.3, 0.4) is 0 Å². The molecule has 0 unspecified atom stereocenters. The molecule has 0 fully saturated rings. The van der Waals surface area contributed by atoms with Gasteiger partial charge in [0.05, 0.1) is 16.8 Å². The van der Waals surface area contributed by atoms with E-state index in [1.165, 1.54) is 16.6 Å². The number of nitrogens with zero attached hydrogens (tertiary/aromatic N) is 4. The van der Waals surface area contributed by atoms with Crippen molar-refractivity contribution in [3.05, 3.63) is 58.3 Å². The van der Waals surface area contributed by atoms with Crippen LogP contribution >= 0.6 is 23.1 Å². The number of halogens is 2. The molecule has 0 amide bonds. The van der Waals surface area contributed by atoms with Gasteiger partial charge < -0.3 is 0 Å². The highest BCUT2D eigenvalue weighted by molar-refractivity contribution is 7.98.